The Morgan fingerprint density at radius 1 is 1.26 bits per heavy atom. The molecule has 0 spiro atoms. The molecule has 0 aliphatic carbocycles. The van der Waals surface area contributed by atoms with Crippen molar-refractivity contribution in [2.24, 2.45) is 5.92 Å². The molecule has 1 aliphatic heterocycles. The van der Waals surface area contributed by atoms with Crippen LogP contribution in [0.1, 0.15) is 12.3 Å². The van der Waals surface area contributed by atoms with Crippen molar-refractivity contribution in [2.75, 3.05) is 11.4 Å². The summed E-state index contributed by atoms with van der Waals surface area (Å²) in [6.45, 7) is -0.170. The molecule has 9 heteroatoms. The van der Waals surface area contributed by atoms with Crippen LogP contribution in [-0.2, 0) is 20.9 Å². The fraction of sp³-hybridized carbons (Fsp3) is 0.222. The van der Waals surface area contributed by atoms with Crippen LogP contribution in [-0.4, -0.2) is 28.6 Å². The summed E-state index contributed by atoms with van der Waals surface area (Å²) < 4.78 is 29.5. The summed E-state index contributed by atoms with van der Waals surface area (Å²) in [7, 11) is 0. The first kappa shape index (κ1) is 17.0. The van der Waals surface area contributed by atoms with Crippen molar-refractivity contribution in [2.45, 2.75) is 13.0 Å². The van der Waals surface area contributed by atoms with Crippen LogP contribution in [0.5, 0.6) is 0 Å². The SMILES string of the molecule is O=C(OCc1nnc(-c2ccco2)o1)[C@H]1CC(=O)N(c2ccccc2F)C1. The molecule has 4 rings (SSSR count). The minimum absolute atomic E-state index is 0.0470. The van der Waals surface area contributed by atoms with Gasteiger partial charge in [-0.3, -0.25) is 9.59 Å². The molecule has 0 saturated carbocycles. The van der Waals surface area contributed by atoms with Gasteiger partial charge in [-0.1, -0.05) is 12.1 Å². The molecule has 0 radical (unpaired) electrons. The van der Waals surface area contributed by atoms with Crippen molar-refractivity contribution in [3.8, 4) is 11.7 Å². The number of carbonyl (C=O) groups excluding carboxylic acids is 2. The lowest BCUT2D eigenvalue weighted by Gasteiger charge is -2.16. The number of furan rings is 1. The van der Waals surface area contributed by atoms with E-state index in [-0.39, 0.29) is 42.9 Å². The molecule has 1 aliphatic rings. The number of amides is 1. The van der Waals surface area contributed by atoms with Gasteiger partial charge in [0.1, 0.15) is 5.82 Å². The number of anilines is 1. The Bertz CT molecular complexity index is 969. The van der Waals surface area contributed by atoms with Crippen molar-refractivity contribution in [3.63, 3.8) is 0 Å². The van der Waals surface area contributed by atoms with E-state index >= 15 is 0 Å². The second kappa shape index (κ2) is 7.02. The monoisotopic (exact) mass is 371 g/mol. The molecule has 8 nitrogen and oxygen atoms in total. The number of hydrogen-bond acceptors (Lipinski definition) is 7. The van der Waals surface area contributed by atoms with E-state index in [2.05, 4.69) is 10.2 Å². The predicted octanol–water partition coefficient (Wildman–Crippen LogP) is 2.57. The van der Waals surface area contributed by atoms with Gasteiger partial charge in [0.15, 0.2) is 12.4 Å². The van der Waals surface area contributed by atoms with Crippen LogP contribution in [0.2, 0.25) is 0 Å². The van der Waals surface area contributed by atoms with E-state index in [9.17, 15) is 14.0 Å². The summed E-state index contributed by atoms with van der Waals surface area (Å²) >= 11 is 0. The highest BCUT2D eigenvalue weighted by Crippen LogP contribution is 2.28. The molecule has 27 heavy (non-hydrogen) atoms. The third-order valence-electron chi connectivity index (χ3n) is 4.14. The summed E-state index contributed by atoms with van der Waals surface area (Å²) in [4.78, 5) is 25.7. The minimum Gasteiger partial charge on any atom is -0.459 e. The van der Waals surface area contributed by atoms with Crippen LogP contribution >= 0.6 is 0 Å². The molecule has 1 atom stereocenters. The molecule has 3 heterocycles. The third-order valence-corrected chi connectivity index (χ3v) is 4.14. The summed E-state index contributed by atoms with van der Waals surface area (Å²) in [5.74, 6) is -1.44. The number of halogens is 1. The maximum Gasteiger partial charge on any atom is 0.311 e. The smallest absolute Gasteiger partial charge is 0.311 e. The fourth-order valence-corrected chi connectivity index (χ4v) is 2.83. The van der Waals surface area contributed by atoms with Crippen LogP contribution in [0.15, 0.2) is 51.5 Å². The summed E-state index contributed by atoms with van der Waals surface area (Å²) in [6.07, 6.45) is 1.42. The fourth-order valence-electron chi connectivity index (χ4n) is 2.83. The van der Waals surface area contributed by atoms with Crippen molar-refractivity contribution in [3.05, 3.63) is 54.4 Å². The highest BCUT2D eigenvalue weighted by molar-refractivity contribution is 5.99. The molecular weight excluding hydrogens is 357 g/mol. The van der Waals surface area contributed by atoms with Gasteiger partial charge in [-0.2, -0.15) is 0 Å². The van der Waals surface area contributed by atoms with Gasteiger partial charge in [0.2, 0.25) is 5.91 Å². The van der Waals surface area contributed by atoms with E-state index in [1.54, 1.807) is 18.2 Å². The normalized spacial score (nSPS) is 16.7. The molecule has 1 aromatic carbocycles. The van der Waals surface area contributed by atoms with Crippen LogP contribution in [0.3, 0.4) is 0 Å². The predicted molar refractivity (Wildman–Crippen MR) is 88.7 cm³/mol. The molecule has 0 unspecified atom stereocenters. The van der Waals surface area contributed by atoms with Gasteiger partial charge >= 0.3 is 5.97 Å². The summed E-state index contributed by atoms with van der Waals surface area (Å²) in [6, 6.07) is 9.26. The Hall–Kier alpha value is -3.49. The van der Waals surface area contributed by atoms with Crippen LogP contribution in [0, 0.1) is 11.7 Å². The number of carbonyl (C=O) groups is 2. The van der Waals surface area contributed by atoms with Crippen LogP contribution < -0.4 is 4.90 Å². The number of para-hydroxylation sites is 1. The Kier molecular flexibility index (Phi) is 4.41. The highest BCUT2D eigenvalue weighted by atomic mass is 19.1. The Morgan fingerprint density at radius 3 is 2.89 bits per heavy atom. The van der Waals surface area contributed by atoms with E-state index < -0.39 is 17.7 Å². The lowest BCUT2D eigenvalue weighted by molar-refractivity contribution is -0.150. The number of ether oxygens (including phenoxy) is 1. The molecule has 138 valence electrons. The van der Waals surface area contributed by atoms with Gasteiger partial charge in [-0.15, -0.1) is 10.2 Å². The minimum atomic E-state index is -0.690. The average molecular weight is 371 g/mol. The highest BCUT2D eigenvalue weighted by Gasteiger charge is 2.37. The second-order valence-electron chi connectivity index (χ2n) is 5.94. The van der Waals surface area contributed by atoms with Crippen molar-refractivity contribution >= 4 is 17.6 Å². The lowest BCUT2D eigenvalue weighted by Crippen LogP contribution is -2.27. The quantitative estimate of drug-likeness (QED) is 0.636. The first-order chi connectivity index (χ1) is 13.1. The largest absolute Gasteiger partial charge is 0.459 e. The standard InChI is InChI=1S/C18H14FN3O5/c19-12-4-1-2-5-13(12)22-9-11(8-16(22)23)18(24)26-10-15-20-21-17(27-15)14-6-3-7-25-14/h1-7,11H,8-10H2/t11-/m0/s1. The number of rotatable bonds is 5. The average Bonchev–Trinajstić information content (AvgIpc) is 3.40. The molecule has 0 bridgehead atoms. The number of hydrogen-bond donors (Lipinski definition) is 0. The molecule has 3 aromatic rings. The Morgan fingerprint density at radius 2 is 2.11 bits per heavy atom. The van der Waals surface area contributed by atoms with Gasteiger partial charge in [0.25, 0.3) is 11.8 Å². The van der Waals surface area contributed by atoms with E-state index in [0.29, 0.717) is 5.76 Å². The molecule has 1 saturated heterocycles. The van der Waals surface area contributed by atoms with Gasteiger partial charge in [-0.25, -0.2) is 4.39 Å². The van der Waals surface area contributed by atoms with Crippen molar-refractivity contribution in [1.29, 1.82) is 0 Å². The second-order valence-corrected chi connectivity index (χ2v) is 5.94. The summed E-state index contributed by atoms with van der Waals surface area (Å²) in [5, 5.41) is 7.58. The number of nitrogens with zero attached hydrogens (tertiary/aromatic N) is 3. The maximum atomic E-state index is 13.9. The topological polar surface area (TPSA) is 98.7 Å². The first-order valence-corrected chi connectivity index (χ1v) is 8.19. The van der Waals surface area contributed by atoms with E-state index in [1.807, 2.05) is 0 Å². The first-order valence-electron chi connectivity index (χ1n) is 8.19. The van der Waals surface area contributed by atoms with E-state index in [0.717, 1.165) is 0 Å². The van der Waals surface area contributed by atoms with Gasteiger partial charge < -0.3 is 18.5 Å². The molecule has 1 amide bonds. The van der Waals surface area contributed by atoms with Gasteiger partial charge in [0, 0.05) is 13.0 Å². The molecular formula is C18H14FN3O5. The van der Waals surface area contributed by atoms with Crippen LogP contribution in [0.25, 0.3) is 11.7 Å². The van der Waals surface area contributed by atoms with Crippen molar-refractivity contribution < 1.29 is 27.6 Å². The van der Waals surface area contributed by atoms with Gasteiger partial charge in [-0.05, 0) is 24.3 Å². The zero-order valence-corrected chi connectivity index (χ0v) is 14.0. The van der Waals surface area contributed by atoms with Gasteiger partial charge in [0.05, 0.1) is 17.9 Å². The van der Waals surface area contributed by atoms with E-state index in [1.165, 1.54) is 29.4 Å². The number of esters is 1. The Balaban J connectivity index is 1.37. The van der Waals surface area contributed by atoms with Crippen LogP contribution in [0.4, 0.5) is 10.1 Å². The zero-order valence-electron chi connectivity index (χ0n) is 14.0. The number of aromatic nitrogens is 2. The maximum absolute atomic E-state index is 13.9. The Labute approximate surface area is 152 Å². The van der Waals surface area contributed by atoms with E-state index in [4.69, 9.17) is 13.6 Å². The third kappa shape index (κ3) is 3.43. The lowest BCUT2D eigenvalue weighted by atomic mass is 10.1. The molecule has 1 fully saturated rings. The number of benzene rings is 1. The zero-order chi connectivity index (χ0) is 18.8. The molecule has 2 aromatic heterocycles. The van der Waals surface area contributed by atoms with Crippen molar-refractivity contribution in [1.82, 2.24) is 10.2 Å². The summed E-state index contributed by atoms with van der Waals surface area (Å²) in [5.41, 5.74) is 0.151. The molecule has 0 N–H and O–H groups in total.